The van der Waals surface area contributed by atoms with Crippen molar-refractivity contribution in [3.8, 4) is 5.75 Å². The van der Waals surface area contributed by atoms with E-state index in [-0.39, 0.29) is 0 Å². The maximum atomic E-state index is 10.8. The molecule has 0 bridgehead atoms. The molecule has 1 rings (SSSR count). The van der Waals surface area contributed by atoms with Crippen molar-refractivity contribution in [1.29, 1.82) is 0 Å². The van der Waals surface area contributed by atoms with Crippen LogP contribution in [0.2, 0.25) is 0 Å². The summed E-state index contributed by atoms with van der Waals surface area (Å²) in [6.07, 6.45) is 0. The maximum Gasteiger partial charge on any atom is 0.186 e. The fourth-order valence-electron chi connectivity index (χ4n) is 0.942. The van der Waals surface area contributed by atoms with Gasteiger partial charge in [0.25, 0.3) is 0 Å². The fourth-order valence-corrected chi connectivity index (χ4v) is 1.99. The largest absolute Gasteiger partial charge is 0.490 e. The highest BCUT2D eigenvalue weighted by Crippen LogP contribution is 2.26. The SMILES string of the molecule is COCCOc1ccc(S(=O)O)cc1Br. The molecular weight excluding hydrogens is 284 g/mol. The van der Waals surface area contributed by atoms with Gasteiger partial charge in [-0.05, 0) is 34.1 Å². The topological polar surface area (TPSA) is 55.8 Å². The predicted octanol–water partition coefficient (Wildman–Crippen LogP) is 2.05. The van der Waals surface area contributed by atoms with Gasteiger partial charge in [0.2, 0.25) is 0 Å². The second-order valence-corrected chi connectivity index (χ2v) is 4.51. The summed E-state index contributed by atoms with van der Waals surface area (Å²) < 4.78 is 30.4. The van der Waals surface area contributed by atoms with Gasteiger partial charge in [0.05, 0.1) is 16.0 Å². The molecular formula is C9H11BrO4S. The Balaban J connectivity index is 2.70. The van der Waals surface area contributed by atoms with Crippen LogP contribution in [0.1, 0.15) is 0 Å². The second-order valence-electron chi connectivity index (χ2n) is 2.68. The molecule has 0 aliphatic heterocycles. The highest BCUT2D eigenvalue weighted by Gasteiger charge is 2.05. The number of ether oxygens (including phenoxy) is 2. The summed E-state index contributed by atoms with van der Waals surface area (Å²) in [6.45, 7) is 0.941. The summed E-state index contributed by atoms with van der Waals surface area (Å²) in [5.41, 5.74) is 0. The van der Waals surface area contributed by atoms with Crippen molar-refractivity contribution >= 4 is 27.0 Å². The third-order valence-corrected chi connectivity index (χ3v) is 2.93. The lowest BCUT2D eigenvalue weighted by atomic mass is 10.3. The van der Waals surface area contributed by atoms with E-state index in [0.29, 0.717) is 28.3 Å². The predicted molar refractivity (Wildman–Crippen MR) is 60.6 cm³/mol. The zero-order chi connectivity index (χ0) is 11.3. The molecule has 1 unspecified atom stereocenters. The first-order chi connectivity index (χ1) is 7.15. The van der Waals surface area contributed by atoms with E-state index in [1.807, 2.05) is 0 Å². The van der Waals surface area contributed by atoms with Crippen molar-refractivity contribution in [2.45, 2.75) is 4.90 Å². The van der Waals surface area contributed by atoms with Gasteiger partial charge in [0, 0.05) is 7.11 Å². The Morgan fingerprint density at radius 1 is 1.47 bits per heavy atom. The molecule has 1 aromatic carbocycles. The van der Waals surface area contributed by atoms with Gasteiger partial charge in [-0.15, -0.1) is 0 Å². The molecule has 0 aliphatic carbocycles. The average Bonchev–Trinajstić information content (AvgIpc) is 2.20. The van der Waals surface area contributed by atoms with Crippen LogP contribution in [-0.2, 0) is 15.8 Å². The molecule has 1 atom stereocenters. The molecule has 0 spiro atoms. The van der Waals surface area contributed by atoms with Gasteiger partial charge < -0.3 is 14.0 Å². The molecule has 84 valence electrons. The van der Waals surface area contributed by atoms with Crippen LogP contribution in [0.5, 0.6) is 5.75 Å². The first-order valence-corrected chi connectivity index (χ1v) is 6.07. The van der Waals surface area contributed by atoms with Gasteiger partial charge in [-0.1, -0.05) is 0 Å². The normalized spacial score (nSPS) is 12.5. The van der Waals surface area contributed by atoms with E-state index in [9.17, 15) is 4.21 Å². The third-order valence-electron chi connectivity index (χ3n) is 1.65. The molecule has 0 aliphatic rings. The number of benzene rings is 1. The van der Waals surface area contributed by atoms with E-state index in [1.54, 1.807) is 25.3 Å². The Bertz CT molecular complexity index is 356. The number of methoxy groups -OCH3 is 1. The van der Waals surface area contributed by atoms with Crippen LogP contribution in [0.15, 0.2) is 27.6 Å². The van der Waals surface area contributed by atoms with Crippen LogP contribution in [0.3, 0.4) is 0 Å². The lowest BCUT2D eigenvalue weighted by Gasteiger charge is -2.07. The van der Waals surface area contributed by atoms with Crippen LogP contribution >= 0.6 is 15.9 Å². The minimum atomic E-state index is -1.97. The molecule has 1 aromatic rings. The van der Waals surface area contributed by atoms with E-state index in [0.717, 1.165) is 0 Å². The standard InChI is InChI=1S/C9H11BrO4S/c1-13-4-5-14-9-3-2-7(15(11)12)6-8(9)10/h2-3,6H,4-5H2,1H3,(H,11,12). The van der Waals surface area contributed by atoms with Crippen molar-refractivity contribution in [2.75, 3.05) is 20.3 Å². The number of hydrogen-bond acceptors (Lipinski definition) is 3. The zero-order valence-electron chi connectivity index (χ0n) is 8.10. The van der Waals surface area contributed by atoms with Crippen LogP contribution in [0.25, 0.3) is 0 Å². The monoisotopic (exact) mass is 294 g/mol. The Morgan fingerprint density at radius 2 is 2.20 bits per heavy atom. The fraction of sp³-hybridized carbons (Fsp3) is 0.333. The summed E-state index contributed by atoms with van der Waals surface area (Å²) in [5, 5.41) is 0. The Kier molecular flexibility index (Phi) is 5.24. The molecule has 0 saturated heterocycles. The van der Waals surface area contributed by atoms with Gasteiger partial charge in [-0.2, -0.15) is 0 Å². The van der Waals surface area contributed by atoms with Gasteiger partial charge in [-0.25, -0.2) is 4.21 Å². The van der Waals surface area contributed by atoms with E-state index in [2.05, 4.69) is 15.9 Å². The summed E-state index contributed by atoms with van der Waals surface area (Å²) in [7, 11) is 1.59. The molecule has 0 fully saturated rings. The Labute approximate surface area is 99.0 Å². The Morgan fingerprint density at radius 3 is 2.73 bits per heavy atom. The summed E-state index contributed by atoms with van der Waals surface area (Å²) >= 11 is 1.29. The van der Waals surface area contributed by atoms with E-state index >= 15 is 0 Å². The summed E-state index contributed by atoms with van der Waals surface area (Å²) in [6, 6.07) is 4.74. The van der Waals surface area contributed by atoms with Crippen molar-refractivity contribution < 1.29 is 18.2 Å². The third kappa shape index (κ3) is 3.90. The lowest BCUT2D eigenvalue weighted by molar-refractivity contribution is 0.146. The molecule has 0 radical (unpaired) electrons. The second kappa shape index (κ2) is 6.22. The van der Waals surface area contributed by atoms with E-state index in [4.69, 9.17) is 14.0 Å². The number of rotatable bonds is 5. The average molecular weight is 295 g/mol. The first kappa shape index (κ1) is 12.6. The zero-order valence-corrected chi connectivity index (χ0v) is 10.5. The minimum absolute atomic E-state index is 0.334. The van der Waals surface area contributed by atoms with Gasteiger partial charge in [-0.3, -0.25) is 0 Å². The molecule has 4 nitrogen and oxygen atoms in total. The highest BCUT2D eigenvalue weighted by molar-refractivity contribution is 9.10. The van der Waals surface area contributed by atoms with Crippen molar-refractivity contribution in [3.05, 3.63) is 22.7 Å². The Hall–Kier alpha value is -0.430. The molecule has 6 heteroatoms. The molecule has 0 aromatic heterocycles. The molecule has 1 N–H and O–H groups in total. The number of hydrogen-bond donors (Lipinski definition) is 1. The minimum Gasteiger partial charge on any atom is -0.490 e. The van der Waals surface area contributed by atoms with Gasteiger partial charge in [0.15, 0.2) is 11.1 Å². The molecule has 0 amide bonds. The number of halogens is 1. The van der Waals surface area contributed by atoms with Gasteiger partial charge in [0.1, 0.15) is 12.4 Å². The molecule has 15 heavy (non-hydrogen) atoms. The molecule has 0 heterocycles. The van der Waals surface area contributed by atoms with E-state index in [1.165, 1.54) is 0 Å². The quantitative estimate of drug-likeness (QED) is 0.667. The lowest BCUT2D eigenvalue weighted by Crippen LogP contribution is -2.04. The maximum absolute atomic E-state index is 10.8. The van der Waals surface area contributed by atoms with Crippen molar-refractivity contribution in [2.24, 2.45) is 0 Å². The van der Waals surface area contributed by atoms with Crippen LogP contribution < -0.4 is 4.74 Å². The highest BCUT2D eigenvalue weighted by atomic mass is 79.9. The first-order valence-electron chi connectivity index (χ1n) is 4.17. The van der Waals surface area contributed by atoms with Crippen LogP contribution in [0, 0.1) is 0 Å². The molecule has 0 saturated carbocycles. The van der Waals surface area contributed by atoms with Crippen LogP contribution in [0.4, 0.5) is 0 Å². The van der Waals surface area contributed by atoms with Gasteiger partial charge >= 0.3 is 0 Å². The smallest absolute Gasteiger partial charge is 0.186 e. The van der Waals surface area contributed by atoms with Crippen molar-refractivity contribution in [3.63, 3.8) is 0 Å². The summed E-state index contributed by atoms with van der Waals surface area (Å²) in [4.78, 5) is 0.334. The van der Waals surface area contributed by atoms with Crippen LogP contribution in [-0.4, -0.2) is 29.1 Å². The van der Waals surface area contributed by atoms with Crippen molar-refractivity contribution in [1.82, 2.24) is 0 Å². The summed E-state index contributed by atoms with van der Waals surface area (Å²) in [5.74, 6) is 0.626. The van der Waals surface area contributed by atoms with E-state index < -0.39 is 11.1 Å².